The Morgan fingerprint density at radius 3 is 2.03 bits per heavy atom. The fourth-order valence-corrected chi connectivity index (χ4v) is 4.19. The van der Waals surface area contributed by atoms with Crippen LogP contribution in [-0.2, 0) is 9.59 Å². The molecule has 0 bridgehead atoms. The van der Waals surface area contributed by atoms with Crippen molar-refractivity contribution in [3.63, 3.8) is 0 Å². The van der Waals surface area contributed by atoms with E-state index in [9.17, 15) is 9.59 Å². The summed E-state index contributed by atoms with van der Waals surface area (Å²) in [4.78, 5) is 27.5. The second-order valence-corrected chi connectivity index (χ2v) is 8.18. The van der Waals surface area contributed by atoms with E-state index in [4.69, 9.17) is 9.47 Å². The summed E-state index contributed by atoms with van der Waals surface area (Å²) in [6, 6.07) is 22.7. The average Bonchev–Trinajstić information content (AvgIpc) is 2.84. The number of benzene rings is 3. The molecule has 0 saturated carbocycles. The van der Waals surface area contributed by atoms with Gasteiger partial charge in [0.1, 0.15) is 11.5 Å². The van der Waals surface area contributed by atoms with Crippen LogP contribution in [0.15, 0.2) is 72.8 Å². The van der Waals surface area contributed by atoms with Gasteiger partial charge in [0.2, 0.25) is 11.8 Å². The van der Waals surface area contributed by atoms with E-state index in [2.05, 4.69) is 5.32 Å². The number of hydrogen-bond donors (Lipinski definition) is 1. The highest BCUT2D eigenvalue weighted by molar-refractivity contribution is 6.03. The summed E-state index contributed by atoms with van der Waals surface area (Å²) in [7, 11) is 3.24. The number of nitrogens with zero attached hydrogens (tertiary/aromatic N) is 1. The summed E-state index contributed by atoms with van der Waals surface area (Å²) in [5, 5.41) is 2.92. The predicted molar refractivity (Wildman–Crippen MR) is 129 cm³/mol. The van der Waals surface area contributed by atoms with Gasteiger partial charge in [-0.05, 0) is 67.4 Å². The van der Waals surface area contributed by atoms with E-state index >= 15 is 0 Å². The van der Waals surface area contributed by atoms with Crippen molar-refractivity contribution in [2.45, 2.75) is 25.8 Å². The molecular formula is C27H28N2O4. The molecule has 1 saturated heterocycles. The van der Waals surface area contributed by atoms with E-state index in [0.717, 1.165) is 34.0 Å². The highest BCUT2D eigenvalue weighted by Crippen LogP contribution is 2.46. The maximum absolute atomic E-state index is 13.2. The highest BCUT2D eigenvalue weighted by Gasteiger charge is 2.48. The minimum atomic E-state index is -0.274. The minimum Gasteiger partial charge on any atom is -0.497 e. The molecule has 1 aliphatic heterocycles. The Kier molecular flexibility index (Phi) is 6.63. The maximum Gasteiger partial charge on any atom is 0.233 e. The zero-order valence-corrected chi connectivity index (χ0v) is 19.1. The molecule has 170 valence electrons. The summed E-state index contributed by atoms with van der Waals surface area (Å²) in [6.45, 7) is 2.00. The Morgan fingerprint density at radius 2 is 1.45 bits per heavy atom. The standard InChI is InChI=1S/C27H28N2O4/c1-18-4-8-20(9-5-18)28-25(30)17-16-24-26(19-6-12-22(32-2)13-7-19)29(27(24)31)21-10-14-23(33-3)15-11-21/h4-15,24,26H,16-17H2,1-3H3,(H,28,30)/t24-,26-/m1/s1. The van der Waals surface area contributed by atoms with Gasteiger partial charge < -0.3 is 19.7 Å². The highest BCUT2D eigenvalue weighted by atomic mass is 16.5. The van der Waals surface area contributed by atoms with Crippen LogP contribution in [0.2, 0.25) is 0 Å². The number of hydrogen-bond acceptors (Lipinski definition) is 4. The molecule has 6 heteroatoms. The first kappa shape index (κ1) is 22.4. The van der Waals surface area contributed by atoms with E-state index in [0.29, 0.717) is 6.42 Å². The number of anilines is 2. The monoisotopic (exact) mass is 444 g/mol. The van der Waals surface area contributed by atoms with Gasteiger partial charge in [0.05, 0.1) is 26.2 Å². The molecule has 1 N–H and O–H groups in total. The van der Waals surface area contributed by atoms with Gasteiger partial charge in [-0.2, -0.15) is 0 Å². The van der Waals surface area contributed by atoms with Crippen LogP contribution in [-0.4, -0.2) is 26.0 Å². The third kappa shape index (κ3) is 4.85. The van der Waals surface area contributed by atoms with Gasteiger partial charge in [0.25, 0.3) is 0 Å². The molecule has 6 nitrogen and oxygen atoms in total. The van der Waals surface area contributed by atoms with Gasteiger partial charge in [-0.3, -0.25) is 9.59 Å². The molecule has 2 atom stereocenters. The van der Waals surface area contributed by atoms with E-state index < -0.39 is 0 Å². The summed E-state index contributed by atoms with van der Waals surface area (Å²) in [6.07, 6.45) is 0.743. The molecule has 4 rings (SSSR count). The van der Waals surface area contributed by atoms with Crippen molar-refractivity contribution in [3.8, 4) is 11.5 Å². The zero-order valence-electron chi connectivity index (χ0n) is 19.1. The van der Waals surface area contributed by atoms with Gasteiger partial charge in [-0.25, -0.2) is 0 Å². The van der Waals surface area contributed by atoms with Crippen molar-refractivity contribution in [1.82, 2.24) is 0 Å². The predicted octanol–water partition coefficient (Wildman–Crippen LogP) is 5.14. The van der Waals surface area contributed by atoms with E-state index in [1.165, 1.54) is 0 Å². The number of carbonyl (C=O) groups excluding carboxylic acids is 2. The molecule has 0 aliphatic carbocycles. The molecule has 0 unspecified atom stereocenters. The average molecular weight is 445 g/mol. The van der Waals surface area contributed by atoms with Crippen molar-refractivity contribution in [3.05, 3.63) is 83.9 Å². The van der Waals surface area contributed by atoms with Gasteiger partial charge in [0.15, 0.2) is 0 Å². The number of carbonyl (C=O) groups is 2. The van der Waals surface area contributed by atoms with Gasteiger partial charge in [0, 0.05) is 17.8 Å². The van der Waals surface area contributed by atoms with Crippen LogP contribution in [0.25, 0.3) is 0 Å². The molecule has 0 aromatic heterocycles. The number of β-lactam (4-membered cyclic amide) rings is 1. The van der Waals surface area contributed by atoms with E-state index in [-0.39, 0.29) is 30.2 Å². The Morgan fingerprint density at radius 1 is 0.879 bits per heavy atom. The molecule has 0 radical (unpaired) electrons. The molecule has 1 heterocycles. The van der Waals surface area contributed by atoms with Crippen molar-refractivity contribution in [2.24, 2.45) is 5.92 Å². The Balaban J connectivity index is 1.50. The Bertz CT molecular complexity index is 1110. The number of aryl methyl sites for hydroxylation is 1. The lowest BCUT2D eigenvalue weighted by molar-refractivity contribution is -0.131. The molecule has 3 aromatic carbocycles. The normalized spacial score (nSPS) is 17.3. The van der Waals surface area contributed by atoms with Crippen LogP contribution >= 0.6 is 0 Å². The summed E-state index contributed by atoms with van der Waals surface area (Å²) >= 11 is 0. The fourth-order valence-electron chi connectivity index (χ4n) is 4.19. The molecule has 2 amide bonds. The molecule has 3 aromatic rings. The van der Waals surface area contributed by atoms with E-state index in [1.54, 1.807) is 19.1 Å². The summed E-state index contributed by atoms with van der Waals surface area (Å²) < 4.78 is 10.5. The second-order valence-electron chi connectivity index (χ2n) is 8.18. The number of rotatable bonds is 8. The summed E-state index contributed by atoms with van der Waals surface area (Å²) in [5.74, 6) is 1.14. The molecule has 33 heavy (non-hydrogen) atoms. The maximum atomic E-state index is 13.2. The first-order valence-electron chi connectivity index (χ1n) is 11.0. The molecular weight excluding hydrogens is 416 g/mol. The Labute approximate surface area is 194 Å². The SMILES string of the molecule is COc1ccc([C@@H]2[C@@H](CCC(=O)Nc3ccc(C)cc3)C(=O)N2c2ccc(OC)cc2)cc1. The number of ether oxygens (including phenoxy) is 2. The number of methoxy groups -OCH3 is 2. The van der Waals surface area contributed by atoms with E-state index in [1.807, 2.05) is 79.7 Å². The molecule has 0 spiro atoms. The third-order valence-corrected chi connectivity index (χ3v) is 6.04. The molecule has 1 aliphatic rings. The lowest BCUT2D eigenvalue weighted by atomic mass is 9.79. The second kappa shape index (κ2) is 9.77. The van der Waals surface area contributed by atoms with Crippen molar-refractivity contribution in [2.75, 3.05) is 24.4 Å². The van der Waals surface area contributed by atoms with Crippen LogP contribution in [0.1, 0.15) is 30.0 Å². The summed E-state index contributed by atoms with van der Waals surface area (Å²) in [5.41, 5.74) is 3.71. The van der Waals surface area contributed by atoms with Crippen LogP contribution in [0, 0.1) is 12.8 Å². The first-order chi connectivity index (χ1) is 16.0. The van der Waals surface area contributed by atoms with Crippen LogP contribution in [0.5, 0.6) is 11.5 Å². The van der Waals surface area contributed by atoms with Crippen LogP contribution < -0.4 is 19.7 Å². The zero-order chi connectivity index (χ0) is 23.4. The smallest absolute Gasteiger partial charge is 0.233 e. The number of nitrogens with one attached hydrogen (secondary N) is 1. The van der Waals surface area contributed by atoms with Crippen molar-refractivity contribution < 1.29 is 19.1 Å². The third-order valence-electron chi connectivity index (χ3n) is 6.04. The topological polar surface area (TPSA) is 67.9 Å². The van der Waals surface area contributed by atoms with Crippen LogP contribution in [0.3, 0.4) is 0 Å². The van der Waals surface area contributed by atoms with Gasteiger partial charge in [-0.15, -0.1) is 0 Å². The van der Waals surface area contributed by atoms with Gasteiger partial charge in [-0.1, -0.05) is 29.8 Å². The van der Waals surface area contributed by atoms with Gasteiger partial charge >= 0.3 is 0 Å². The van der Waals surface area contributed by atoms with Crippen LogP contribution in [0.4, 0.5) is 11.4 Å². The number of amides is 2. The lowest BCUT2D eigenvalue weighted by Gasteiger charge is -2.47. The van der Waals surface area contributed by atoms with Crippen molar-refractivity contribution >= 4 is 23.2 Å². The van der Waals surface area contributed by atoms with Crippen molar-refractivity contribution in [1.29, 1.82) is 0 Å². The molecule has 1 fully saturated rings. The Hall–Kier alpha value is -3.80. The lowest BCUT2D eigenvalue weighted by Crippen LogP contribution is -2.55. The quantitative estimate of drug-likeness (QED) is 0.489. The first-order valence-corrected chi connectivity index (χ1v) is 11.0. The fraction of sp³-hybridized carbons (Fsp3) is 0.259. The largest absolute Gasteiger partial charge is 0.497 e. The minimum absolute atomic E-state index is 0.0177.